The zero-order valence-electron chi connectivity index (χ0n) is 5.34. The third kappa shape index (κ3) is 0.826. The Bertz CT molecular complexity index is 187. The summed E-state index contributed by atoms with van der Waals surface area (Å²) in [4.78, 5) is 0. The molecule has 1 rings (SSSR count). The molecular formula is C5H8N2O2. The van der Waals surface area contributed by atoms with Crippen LogP contribution in [0.15, 0.2) is 4.52 Å². The van der Waals surface area contributed by atoms with E-state index in [4.69, 9.17) is 10.5 Å². The van der Waals surface area contributed by atoms with Crippen molar-refractivity contribution in [1.82, 2.24) is 5.16 Å². The van der Waals surface area contributed by atoms with Crippen LogP contribution in [0, 0.1) is 6.92 Å². The van der Waals surface area contributed by atoms with E-state index in [0.717, 1.165) is 0 Å². The summed E-state index contributed by atoms with van der Waals surface area (Å²) in [5.41, 5.74) is 5.32. The molecule has 0 atom stereocenters. The summed E-state index contributed by atoms with van der Waals surface area (Å²) in [6.45, 7) is 1.74. The number of aromatic nitrogens is 1. The standard InChI is InChI=1S/C5H8N2O2/c1-3-4(8-2)5(6)7-9-3/h1-2H3,(H2,6,7). The summed E-state index contributed by atoms with van der Waals surface area (Å²) in [7, 11) is 1.52. The van der Waals surface area contributed by atoms with Crippen molar-refractivity contribution in [2.24, 2.45) is 0 Å². The Labute approximate surface area is 52.6 Å². The number of anilines is 1. The molecule has 9 heavy (non-hydrogen) atoms. The predicted octanol–water partition coefficient (Wildman–Crippen LogP) is 0.574. The molecule has 0 spiro atoms. The van der Waals surface area contributed by atoms with Gasteiger partial charge < -0.3 is 15.0 Å². The second-order valence-corrected chi connectivity index (χ2v) is 1.66. The average Bonchev–Trinajstić information content (AvgIpc) is 2.12. The Morgan fingerprint density at radius 1 is 1.67 bits per heavy atom. The molecule has 0 aliphatic carbocycles. The van der Waals surface area contributed by atoms with Crippen LogP contribution in [0.5, 0.6) is 5.75 Å². The SMILES string of the molecule is COc1c(N)noc1C. The van der Waals surface area contributed by atoms with Gasteiger partial charge in [-0.15, -0.1) is 0 Å². The Kier molecular flexibility index (Phi) is 1.30. The molecule has 0 radical (unpaired) electrons. The lowest BCUT2D eigenvalue weighted by molar-refractivity contribution is 0.371. The second-order valence-electron chi connectivity index (χ2n) is 1.66. The van der Waals surface area contributed by atoms with Crippen molar-refractivity contribution < 1.29 is 9.26 Å². The number of hydrogen-bond donors (Lipinski definition) is 1. The molecule has 0 bridgehead atoms. The van der Waals surface area contributed by atoms with E-state index in [-0.39, 0.29) is 0 Å². The van der Waals surface area contributed by atoms with E-state index in [1.807, 2.05) is 0 Å². The molecule has 4 nitrogen and oxygen atoms in total. The molecule has 1 aromatic rings. The van der Waals surface area contributed by atoms with Crippen LogP contribution in [-0.4, -0.2) is 12.3 Å². The molecule has 1 aromatic heterocycles. The molecule has 0 saturated carbocycles. The van der Waals surface area contributed by atoms with E-state index >= 15 is 0 Å². The highest BCUT2D eigenvalue weighted by Gasteiger charge is 2.07. The van der Waals surface area contributed by atoms with Crippen LogP contribution in [0.2, 0.25) is 0 Å². The molecule has 2 N–H and O–H groups in total. The molecule has 0 aromatic carbocycles. The number of nitrogens with zero attached hydrogens (tertiary/aromatic N) is 1. The highest BCUT2D eigenvalue weighted by atomic mass is 16.5. The second kappa shape index (κ2) is 1.97. The molecule has 50 valence electrons. The predicted molar refractivity (Wildman–Crippen MR) is 32.2 cm³/mol. The topological polar surface area (TPSA) is 61.3 Å². The molecule has 1 heterocycles. The Balaban J connectivity index is 3.07. The molecule has 4 heteroatoms. The molecule has 0 aliphatic heterocycles. The van der Waals surface area contributed by atoms with Crippen molar-refractivity contribution in [3.63, 3.8) is 0 Å². The molecule has 0 fully saturated rings. The molecule has 0 amide bonds. The first-order chi connectivity index (χ1) is 4.25. The lowest BCUT2D eigenvalue weighted by Crippen LogP contribution is -1.89. The molecule has 0 unspecified atom stereocenters. The quantitative estimate of drug-likeness (QED) is 0.600. The van der Waals surface area contributed by atoms with Crippen LogP contribution in [0.1, 0.15) is 5.76 Å². The van der Waals surface area contributed by atoms with E-state index in [2.05, 4.69) is 9.68 Å². The first-order valence-electron chi connectivity index (χ1n) is 2.51. The van der Waals surface area contributed by atoms with Gasteiger partial charge in [-0.25, -0.2) is 0 Å². The minimum atomic E-state index is 0.301. The van der Waals surface area contributed by atoms with Crippen LogP contribution in [0.3, 0.4) is 0 Å². The van der Waals surface area contributed by atoms with Crippen LogP contribution >= 0.6 is 0 Å². The van der Waals surface area contributed by atoms with E-state index in [9.17, 15) is 0 Å². The van der Waals surface area contributed by atoms with Gasteiger partial charge in [-0.05, 0) is 0 Å². The summed E-state index contributed by atoms with van der Waals surface area (Å²) in [6, 6.07) is 0. The van der Waals surface area contributed by atoms with Gasteiger partial charge in [0.15, 0.2) is 5.76 Å². The maximum atomic E-state index is 5.32. The van der Waals surface area contributed by atoms with Gasteiger partial charge in [-0.2, -0.15) is 0 Å². The van der Waals surface area contributed by atoms with E-state index in [1.165, 1.54) is 7.11 Å². The van der Waals surface area contributed by atoms with Crippen LogP contribution in [-0.2, 0) is 0 Å². The fraction of sp³-hybridized carbons (Fsp3) is 0.400. The minimum Gasteiger partial charge on any atom is -0.490 e. The van der Waals surface area contributed by atoms with Crippen molar-refractivity contribution in [3.05, 3.63) is 5.76 Å². The van der Waals surface area contributed by atoms with Gasteiger partial charge in [-0.1, -0.05) is 5.16 Å². The van der Waals surface area contributed by atoms with E-state index in [0.29, 0.717) is 17.3 Å². The number of aryl methyl sites for hydroxylation is 1. The zero-order valence-corrected chi connectivity index (χ0v) is 5.34. The Morgan fingerprint density at radius 2 is 2.33 bits per heavy atom. The van der Waals surface area contributed by atoms with Gasteiger partial charge in [0.1, 0.15) is 0 Å². The number of rotatable bonds is 1. The van der Waals surface area contributed by atoms with Gasteiger partial charge >= 0.3 is 0 Å². The largest absolute Gasteiger partial charge is 0.490 e. The smallest absolute Gasteiger partial charge is 0.209 e. The van der Waals surface area contributed by atoms with Gasteiger partial charge in [-0.3, -0.25) is 0 Å². The lowest BCUT2D eigenvalue weighted by atomic mass is 10.4. The van der Waals surface area contributed by atoms with E-state index < -0.39 is 0 Å². The van der Waals surface area contributed by atoms with Crippen molar-refractivity contribution >= 4 is 5.82 Å². The number of nitrogens with two attached hydrogens (primary N) is 1. The van der Waals surface area contributed by atoms with Gasteiger partial charge in [0.2, 0.25) is 11.6 Å². The van der Waals surface area contributed by atoms with Crippen molar-refractivity contribution in [3.8, 4) is 5.75 Å². The normalized spacial score (nSPS) is 9.56. The lowest BCUT2D eigenvalue weighted by Gasteiger charge is -1.92. The highest BCUT2D eigenvalue weighted by molar-refractivity contribution is 5.46. The molecule has 0 saturated heterocycles. The first-order valence-corrected chi connectivity index (χ1v) is 2.51. The molecular weight excluding hydrogens is 120 g/mol. The summed E-state index contributed by atoms with van der Waals surface area (Å²) >= 11 is 0. The fourth-order valence-electron chi connectivity index (χ4n) is 0.629. The third-order valence-corrected chi connectivity index (χ3v) is 1.04. The van der Waals surface area contributed by atoms with E-state index in [1.54, 1.807) is 6.92 Å². The zero-order chi connectivity index (χ0) is 6.85. The summed E-state index contributed by atoms with van der Waals surface area (Å²) in [6.07, 6.45) is 0. The number of methoxy groups -OCH3 is 1. The monoisotopic (exact) mass is 128 g/mol. The van der Waals surface area contributed by atoms with Crippen molar-refractivity contribution in [2.45, 2.75) is 6.92 Å². The highest BCUT2D eigenvalue weighted by Crippen LogP contribution is 2.23. The molecule has 0 aliphatic rings. The number of nitrogen functional groups attached to an aromatic ring is 1. The summed E-state index contributed by atoms with van der Waals surface area (Å²) in [5.74, 6) is 1.43. The fourth-order valence-corrected chi connectivity index (χ4v) is 0.629. The Hall–Kier alpha value is -1.19. The maximum Gasteiger partial charge on any atom is 0.209 e. The summed E-state index contributed by atoms with van der Waals surface area (Å²) in [5, 5.41) is 3.46. The van der Waals surface area contributed by atoms with Crippen LogP contribution < -0.4 is 10.5 Å². The van der Waals surface area contributed by atoms with Gasteiger partial charge in [0.05, 0.1) is 7.11 Å². The van der Waals surface area contributed by atoms with Crippen LogP contribution in [0.25, 0.3) is 0 Å². The maximum absolute atomic E-state index is 5.32. The van der Waals surface area contributed by atoms with Crippen LogP contribution in [0.4, 0.5) is 5.82 Å². The van der Waals surface area contributed by atoms with Crippen molar-refractivity contribution in [1.29, 1.82) is 0 Å². The average molecular weight is 128 g/mol. The van der Waals surface area contributed by atoms with Gasteiger partial charge in [0, 0.05) is 6.92 Å². The first kappa shape index (κ1) is 5.94. The number of hydrogen-bond acceptors (Lipinski definition) is 4. The minimum absolute atomic E-state index is 0.301. The summed E-state index contributed by atoms with van der Waals surface area (Å²) < 4.78 is 9.52. The Morgan fingerprint density at radius 3 is 2.56 bits per heavy atom. The van der Waals surface area contributed by atoms with Crippen molar-refractivity contribution in [2.75, 3.05) is 12.8 Å². The third-order valence-electron chi connectivity index (χ3n) is 1.04. The van der Waals surface area contributed by atoms with Gasteiger partial charge in [0.25, 0.3) is 0 Å². The number of ether oxygens (including phenoxy) is 1.